The van der Waals surface area contributed by atoms with Crippen LogP contribution in [0.5, 0.6) is 0 Å². The van der Waals surface area contributed by atoms with Crippen molar-refractivity contribution in [3.05, 3.63) is 28.5 Å². The van der Waals surface area contributed by atoms with Crippen LogP contribution in [0.2, 0.25) is 0 Å². The van der Waals surface area contributed by atoms with Crippen LogP contribution in [0.4, 0.5) is 10.8 Å². The zero-order chi connectivity index (χ0) is 22.2. The minimum atomic E-state index is -0.458. The number of amides is 2. The van der Waals surface area contributed by atoms with E-state index in [0.717, 1.165) is 74.3 Å². The third-order valence-corrected chi connectivity index (χ3v) is 7.43. The van der Waals surface area contributed by atoms with Crippen LogP contribution >= 0.6 is 11.3 Å². The Morgan fingerprint density at radius 1 is 1.16 bits per heavy atom. The first-order chi connectivity index (χ1) is 15.5. The molecule has 0 unspecified atom stereocenters. The van der Waals surface area contributed by atoms with Crippen LogP contribution < -0.4 is 16.0 Å². The van der Waals surface area contributed by atoms with Gasteiger partial charge in [-0.1, -0.05) is 0 Å². The molecule has 2 amide bonds. The van der Waals surface area contributed by atoms with E-state index in [4.69, 9.17) is 5.73 Å². The minimum absolute atomic E-state index is 0.115. The van der Waals surface area contributed by atoms with Gasteiger partial charge in [0, 0.05) is 38.1 Å². The summed E-state index contributed by atoms with van der Waals surface area (Å²) in [6.45, 7) is 3.27. The molecule has 3 aromatic heterocycles. The topological polar surface area (TPSA) is 122 Å². The van der Waals surface area contributed by atoms with Gasteiger partial charge in [-0.25, -0.2) is 9.97 Å². The summed E-state index contributed by atoms with van der Waals surface area (Å²) < 4.78 is 1.74. The van der Waals surface area contributed by atoms with Crippen molar-refractivity contribution in [2.45, 2.75) is 25.7 Å². The standard InChI is InChI=1S/C21H26N8O2S/c1-27-19-14(10-25-27)20(24-12-23-19)29-8-6-28(7-9-29)11-16(30)26-21-17(18(22)31)13-4-2-3-5-15(13)32-21/h10,12H,2-9,11H2,1H3,(H2,22,31)(H,26,30). The number of piperazine rings is 1. The van der Waals surface area contributed by atoms with Crippen molar-refractivity contribution < 1.29 is 9.59 Å². The Morgan fingerprint density at radius 3 is 2.72 bits per heavy atom. The van der Waals surface area contributed by atoms with E-state index in [0.29, 0.717) is 10.6 Å². The molecule has 10 nitrogen and oxygen atoms in total. The summed E-state index contributed by atoms with van der Waals surface area (Å²) in [7, 11) is 1.86. The molecule has 2 aliphatic rings. The second-order valence-electron chi connectivity index (χ2n) is 8.29. The van der Waals surface area contributed by atoms with E-state index in [1.807, 2.05) is 7.05 Å². The number of nitrogens with two attached hydrogens (primary N) is 1. The Balaban J connectivity index is 1.22. The third-order valence-electron chi connectivity index (χ3n) is 6.22. The Kier molecular flexibility index (Phi) is 5.51. The first kappa shape index (κ1) is 20.8. The molecule has 1 aliphatic carbocycles. The van der Waals surface area contributed by atoms with Gasteiger partial charge in [-0.3, -0.25) is 19.2 Å². The Bertz CT molecular complexity index is 1180. The minimum Gasteiger partial charge on any atom is -0.365 e. The summed E-state index contributed by atoms with van der Waals surface area (Å²) >= 11 is 1.50. The number of carbonyl (C=O) groups is 2. The lowest BCUT2D eigenvalue weighted by Crippen LogP contribution is -2.49. The van der Waals surface area contributed by atoms with Crippen LogP contribution in [0.25, 0.3) is 11.0 Å². The van der Waals surface area contributed by atoms with Gasteiger partial charge in [0.15, 0.2) is 5.65 Å². The molecule has 3 N–H and O–H groups in total. The molecule has 32 heavy (non-hydrogen) atoms. The van der Waals surface area contributed by atoms with Crippen LogP contribution in [0.1, 0.15) is 33.6 Å². The molecule has 0 atom stereocenters. The van der Waals surface area contributed by atoms with Gasteiger partial charge in [-0.2, -0.15) is 5.10 Å². The van der Waals surface area contributed by atoms with Crippen molar-refractivity contribution in [2.24, 2.45) is 12.8 Å². The highest BCUT2D eigenvalue weighted by molar-refractivity contribution is 7.17. The van der Waals surface area contributed by atoms with E-state index in [1.165, 1.54) is 16.2 Å². The number of thiophene rings is 1. The maximum absolute atomic E-state index is 12.8. The van der Waals surface area contributed by atoms with Crippen molar-refractivity contribution in [3.8, 4) is 0 Å². The predicted octanol–water partition coefficient (Wildman–Crippen LogP) is 1.16. The van der Waals surface area contributed by atoms with Crippen LogP contribution in [-0.2, 0) is 24.7 Å². The molecule has 1 saturated heterocycles. The number of hydrogen-bond donors (Lipinski definition) is 2. The monoisotopic (exact) mass is 454 g/mol. The maximum atomic E-state index is 12.8. The Labute approximate surface area is 189 Å². The molecule has 3 aromatic rings. The van der Waals surface area contributed by atoms with Gasteiger partial charge in [0.05, 0.1) is 23.7 Å². The summed E-state index contributed by atoms with van der Waals surface area (Å²) in [6.07, 6.45) is 7.33. The summed E-state index contributed by atoms with van der Waals surface area (Å²) in [5, 5.41) is 8.78. The van der Waals surface area contributed by atoms with E-state index < -0.39 is 5.91 Å². The van der Waals surface area contributed by atoms with Crippen molar-refractivity contribution >= 4 is 45.0 Å². The number of carbonyl (C=O) groups excluding carboxylic acids is 2. The molecule has 0 spiro atoms. The van der Waals surface area contributed by atoms with Gasteiger partial charge in [0.25, 0.3) is 5.91 Å². The molecule has 1 fully saturated rings. The molecule has 168 valence electrons. The van der Waals surface area contributed by atoms with Crippen LogP contribution in [0.3, 0.4) is 0 Å². The summed E-state index contributed by atoms with van der Waals surface area (Å²) in [5.41, 5.74) is 7.98. The lowest BCUT2D eigenvalue weighted by molar-refractivity contribution is -0.117. The average Bonchev–Trinajstić information content (AvgIpc) is 3.34. The quantitative estimate of drug-likeness (QED) is 0.593. The molecule has 5 rings (SSSR count). The number of fused-ring (bicyclic) bond motifs is 2. The SMILES string of the molecule is Cn1ncc2c(N3CCN(CC(=O)Nc4sc5c(c4C(N)=O)CCCC5)CC3)ncnc21. The normalized spacial score (nSPS) is 16.8. The van der Waals surface area contributed by atoms with Crippen LogP contribution in [0, 0.1) is 0 Å². The average molecular weight is 455 g/mol. The molecule has 0 aromatic carbocycles. The largest absolute Gasteiger partial charge is 0.365 e. The Hall–Kier alpha value is -3.05. The highest BCUT2D eigenvalue weighted by atomic mass is 32.1. The van der Waals surface area contributed by atoms with Crippen LogP contribution in [-0.4, -0.2) is 69.2 Å². The molecule has 0 bridgehead atoms. The first-order valence-corrected chi connectivity index (χ1v) is 11.7. The number of primary amides is 1. The number of nitrogens with one attached hydrogen (secondary N) is 1. The number of hydrogen-bond acceptors (Lipinski definition) is 8. The summed E-state index contributed by atoms with van der Waals surface area (Å²) in [4.78, 5) is 39.1. The van der Waals surface area contributed by atoms with Crippen molar-refractivity contribution in [3.63, 3.8) is 0 Å². The van der Waals surface area contributed by atoms with E-state index >= 15 is 0 Å². The molecular weight excluding hydrogens is 428 g/mol. The number of nitrogens with zero attached hydrogens (tertiary/aromatic N) is 6. The predicted molar refractivity (Wildman–Crippen MR) is 123 cm³/mol. The fraction of sp³-hybridized carbons (Fsp3) is 0.476. The smallest absolute Gasteiger partial charge is 0.251 e. The Morgan fingerprint density at radius 2 is 1.94 bits per heavy atom. The summed E-state index contributed by atoms with van der Waals surface area (Å²) in [6, 6.07) is 0. The van der Waals surface area contributed by atoms with E-state index in [9.17, 15) is 9.59 Å². The van der Waals surface area contributed by atoms with Gasteiger partial charge in [0.1, 0.15) is 17.1 Å². The molecule has 1 aliphatic heterocycles. The van der Waals surface area contributed by atoms with Crippen molar-refractivity contribution in [2.75, 3.05) is 42.9 Å². The fourth-order valence-corrected chi connectivity index (χ4v) is 5.91. The lowest BCUT2D eigenvalue weighted by Gasteiger charge is -2.35. The lowest BCUT2D eigenvalue weighted by atomic mass is 9.95. The van der Waals surface area contributed by atoms with Gasteiger partial charge in [-0.05, 0) is 31.2 Å². The zero-order valence-corrected chi connectivity index (χ0v) is 18.8. The van der Waals surface area contributed by atoms with E-state index in [2.05, 4.69) is 30.2 Å². The van der Waals surface area contributed by atoms with Gasteiger partial charge < -0.3 is 16.0 Å². The fourth-order valence-electron chi connectivity index (χ4n) is 4.60. The molecule has 0 saturated carbocycles. The zero-order valence-electron chi connectivity index (χ0n) is 18.0. The van der Waals surface area contributed by atoms with Gasteiger partial charge >= 0.3 is 0 Å². The van der Waals surface area contributed by atoms with Crippen molar-refractivity contribution in [1.29, 1.82) is 0 Å². The summed E-state index contributed by atoms with van der Waals surface area (Å²) in [5.74, 6) is 0.304. The van der Waals surface area contributed by atoms with E-state index in [1.54, 1.807) is 17.2 Å². The molecule has 0 radical (unpaired) electrons. The van der Waals surface area contributed by atoms with E-state index in [-0.39, 0.29) is 12.5 Å². The number of aromatic nitrogens is 4. The second-order valence-corrected chi connectivity index (χ2v) is 9.40. The van der Waals surface area contributed by atoms with Crippen molar-refractivity contribution in [1.82, 2.24) is 24.6 Å². The van der Waals surface area contributed by atoms with Gasteiger partial charge in [-0.15, -0.1) is 11.3 Å². The molecular formula is C21H26N8O2S. The highest BCUT2D eigenvalue weighted by Gasteiger charge is 2.26. The van der Waals surface area contributed by atoms with Gasteiger partial charge in [0.2, 0.25) is 5.91 Å². The second kappa shape index (κ2) is 8.47. The number of rotatable bonds is 5. The number of anilines is 2. The third kappa shape index (κ3) is 3.82. The maximum Gasteiger partial charge on any atom is 0.251 e. The molecule has 4 heterocycles. The van der Waals surface area contributed by atoms with Crippen LogP contribution in [0.15, 0.2) is 12.5 Å². The molecule has 11 heteroatoms. The number of aryl methyl sites for hydroxylation is 2. The highest BCUT2D eigenvalue weighted by Crippen LogP contribution is 2.37. The first-order valence-electron chi connectivity index (χ1n) is 10.9.